The van der Waals surface area contributed by atoms with Crippen molar-refractivity contribution in [3.63, 3.8) is 0 Å². The van der Waals surface area contributed by atoms with Crippen LogP contribution in [0.25, 0.3) is 0 Å². The molecule has 0 saturated heterocycles. The highest BCUT2D eigenvalue weighted by atomic mass is 16.2. The number of carbonyl (C=O) groups excluding carboxylic acids is 1. The van der Waals surface area contributed by atoms with Gasteiger partial charge in [-0.05, 0) is 31.7 Å². The molecule has 0 aliphatic heterocycles. The summed E-state index contributed by atoms with van der Waals surface area (Å²) in [4.78, 5) is 14.2. The third-order valence-corrected chi connectivity index (χ3v) is 5.56. The molecule has 0 aromatic heterocycles. The normalized spacial score (nSPS) is 13.6. The first-order chi connectivity index (χ1) is 12.6. The highest BCUT2D eigenvalue weighted by molar-refractivity contribution is 5.78. The number of nitrogens with zero attached hydrogens (tertiary/aromatic N) is 1. The molecule has 0 saturated carbocycles. The molecule has 2 unspecified atom stereocenters. The molecule has 156 valence electrons. The number of amides is 1. The summed E-state index contributed by atoms with van der Waals surface area (Å²) in [6.07, 6.45) is 15.6. The van der Waals surface area contributed by atoms with E-state index in [1.807, 2.05) is 11.9 Å². The smallest absolute Gasteiger partial charge is 0.225 e. The summed E-state index contributed by atoms with van der Waals surface area (Å²) < 4.78 is 0. The van der Waals surface area contributed by atoms with Gasteiger partial charge in [-0.15, -0.1) is 0 Å². The zero-order chi connectivity index (χ0) is 19.6. The molecule has 0 radical (unpaired) electrons. The number of carbonyl (C=O) groups is 1. The summed E-state index contributed by atoms with van der Waals surface area (Å²) in [6, 6.07) is 0. The Labute approximate surface area is 164 Å². The Bertz CT molecular complexity index is 319. The minimum atomic E-state index is 0.169. The third-order valence-electron chi connectivity index (χ3n) is 5.56. The molecular formula is C23H48N2O. The monoisotopic (exact) mass is 368 g/mol. The van der Waals surface area contributed by atoms with Crippen molar-refractivity contribution in [2.24, 2.45) is 11.8 Å². The van der Waals surface area contributed by atoms with Crippen molar-refractivity contribution in [1.82, 2.24) is 10.2 Å². The average molecular weight is 369 g/mol. The van der Waals surface area contributed by atoms with Crippen molar-refractivity contribution in [3.8, 4) is 0 Å². The van der Waals surface area contributed by atoms with Gasteiger partial charge in [0.25, 0.3) is 0 Å². The second-order valence-electron chi connectivity index (χ2n) is 8.20. The van der Waals surface area contributed by atoms with Crippen molar-refractivity contribution in [2.45, 2.75) is 105 Å². The Balaban J connectivity index is 3.82. The first-order valence-electron chi connectivity index (χ1n) is 11.5. The minimum absolute atomic E-state index is 0.169. The highest BCUT2D eigenvalue weighted by Gasteiger charge is 2.16. The molecule has 0 bridgehead atoms. The lowest BCUT2D eigenvalue weighted by Crippen LogP contribution is -2.37. The van der Waals surface area contributed by atoms with E-state index in [2.05, 4.69) is 33.0 Å². The fourth-order valence-electron chi connectivity index (χ4n) is 3.62. The van der Waals surface area contributed by atoms with Gasteiger partial charge in [0.2, 0.25) is 5.91 Å². The van der Waals surface area contributed by atoms with Crippen LogP contribution in [-0.2, 0) is 4.79 Å². The maximum absolute atomic E-state index is 12.3. The summed E-state index contributed by atoms with van der Waals surface area (Å²) >= 11 is 0. The van der Waals surface area contributed by atoms with Gasteiger partial charge in [-0.25, -0.2) is 0 Å². The van der Waals surface area contributed by atoms with E-state index < -0.39 is 0 Å². The zero-order valence-electron chi connectivity index (χ0n) is 18.6. The maximum atomic E-state index is 12.3. The van der Waals surface area contributed by atoms with Gasteiger partial charge in [0.15, 0.2) is 0 Å². The molecule has 3 heteroatoms. The van der Waals surface area contributed by atoms with Crippen LogP contribution in [0.3, 0.4) is 0 Å². The Morgan fingerprint density at radius 2 is 1.38 bits per heavy atom. The first kappa shape index (κ1) is 25.4. The Morgan fingerprint density at radius 3 is 2.04 bits per heavy atom. The summed E-state index contributed by atoms with van der Waals surface area (Å²) in [5.41, 5.74) is 0. The van der Waals surface area contributed by atoms with Gasteiger partial charge in [0, 0.05) is 26.1 Å². The summed E-state index contributed by atoms with van der Waals surface area (Å²) in [5.74, 6) is 1.39. The van der Waals surface area contributed by atoms with E-state index in [0.29, 0.717) is 5.91 Å². The largest absolute Gasteiger partial charge is 0.344 e. The molecule has 2 atom stereocenters. The second kappa shape index (κ2) is 17.8. The molecule has 0 aromatic carbocycles. The van der Waals surface area contributed by atoms with Crippen LogP contribution in [0.4, 0.5) is 0 Å². The number of unbranched alkanes of at least 4 members (excludes halogenated alkanes) is 4. The SMILES string of the molecule is CCCCCC(CCCC)CCCNCCN(C)C(=O)C(C)CCCC. The minimum Gasteiger partial charge on any atom is -0.344 e. The highest BCUT2D eigenvalue weighted by Crippen LogP contribution is 2.21. The Hall–Kier alpha value is -0.570. The van der Waals surface area contributed by atoms with E-state index in [4.69, 9.17) is 0 Å². The van der Waals surface area contributed by atoms with E-state index in [1.54, 1.807) is 0 Å². The summed E-state index contributed by atoms with van der Waals surface area (Å²) in [6.45, 7) is 11.7. The van der Waals surface area contributed by atoms with Crippen LogP contribution < -0.4 is 5.32 Å². The van der Waals surface area contributed by atoms with Crippen molar-refractivity contribution in [2.75, 3.05) is 26.7 Å². The number of hydrogen-bond acceptors (Lipinski definition) is 2. The predicted molar refractivity (Wildman–Crippen MR) is 116 cm³/mol. The van der Waals surface area contributed by atoms with Gasteiger partial charge in [-0.2, -0.15) is 0 Å². The van der Waals surface area contributed by atoms with Crippen LogP contribution in [0.5, 0.6) is 0 Å². The lowest BCUT2D eigenvalue weighted by molar-refractivity contribution is -0.133. The predicted octanol–water partition coefficient (Wildman–Crippen LogP) is 6.03. The molecular weight excluding hydrogens is 320 g/mol. The molecule has 1 N–H and O–H groups in total. The van der Waals surface area contributed by atoms with E-state index in [-0.39, 0.29) is 5.92 Å². The van der Waals surface area contributed by atoms with Crippen LogP contribution in [0, 0.1) is 11.8 Å². The third kappa shape index (κ3) is 13.6. The molecule has 0 rings (SSSR count). The molecule has 0 fully saturated rings. The van der Waals surface area contributed by atoms with Crippen molar-refractivity contribution < 1.29 is 4.79 Å². The quantitative estimate of drug-likeness (QED) is 0.300. The average Bonchev–Trinajstić information content (AvgIpc) is 2.65. The van der Waals surface area contributed by atoms with E-state index in [0.717, 1.165) is 38.4 Å². The van der Waals surface area contributed by atoms with Gasteiger partial charge in [-0.1, -0.05) is 85.5 Å². The topological polar surface area (TPSA) is 32.3 Å². The number of nitrogens with one attached hydrogen (secondary N) is 1. The molecule has 0 aromatic rings. The van der Waals surface area contributed by atoms with Crippen LogP contribution in [0.15, 0.2) is 0 Å². The zero-order valence-corrected chi connectivity index (χ0v) is 18.6. The first-order valence-corrected chi connectivity index (χ1v) is 11.5. The van der Waals surface area contributed by atoms with Gasteiger partial charge in [0.05, 0.1) is 0 Å². The summed E-state index contributed by atoms with van der Waals surface area (Å²) in [5, 5.41) is 3.54. The van der Waals surface area contributed by atoms with E-state index in [1.165, 1.54) is 64.2 Å². The van der Waals surface area contributed by atoms with E-state index >= 15 is 0 Å². The fourth-order valence-corrected chi connectivity index (χ4v) is 3.62. The van der Waals surface area contributed by atoms with Gasteiger partial charge < -0.3 is 10.2 Å². The molecule has 3 nitrogen and oxygen atoms in total. The number of hydrogen-bond donors (Lipinski definition) is 1. The standard InChI is InChI=1S/C23H48N2O/c1-6-9-12-16-22(15-11-8-3)17-13-18-24-19-20-25(5)23(26)21(4)14-10-7-2/h21-22,24H,6-20H2,1-5H3. The molecule has 0 aliphatic rings. The van der Waals surface area contributed by atoms with Crippen LogP contribution in [-0.4, -0.2) is 37.5 Å². The van der Waals surface area contributed by atoms with Crippen LogP contribution in [0.1, 0.15) is 105 Å². The van der Waals surface area contributed by atoms with Crippen molar-refractivity contribution in [3.05, 3.63) is 0 Å². The van der Waals surface area contributed by atoms with Crippen molar-refractivity contribution >= 4 is 5.91 Å². The van der Waals surface area contributed by atoms with Crippen molar-refractivity contribution in [1.29, 1.82) is 0 Å². The van der Waals surface area contributed by atoms with Gasteiger partial charge >= 0.3 is 0 Å². The van der Waals surface area contributed by atoms with Crippen LogP contribution >= 0.6 is 0 Å². The second-order valence-corrected chi connectivity index (χ2v) is 8.20. The lowest BCUT2D eigenvalue weighted by Gasteiger charge is -2.22. The van der Waals surface area contributed by atoms with Crippen LogP contribution in [0.2, 0.25) is 0 Å². The lowest BCUT2D eigenvalue weighted by atomic mass is 9.91. The maximum Gasteiger partial charge on any atom is 0.225 e. The van der Waals surface area contributed by atoms with Gasteiger partial charge in [-0.3, -0.25) is 4.79 Å². The number of rotatable bonds is 18. The van der Waals surface area contributed by atoms with Gasteiger partial charge in [0.1, 0.15) is 0 Å². The number of likely N-dealkylation sites (N-methyl/N-ethyl adjacent to an activating group) is 1. The Morgan fingerprint density at radius 1 is 0.808 bits per heavy atom. The molecule has 26 heavy (non-hydrogen) atoms. The molecule has 1 amide bonds. The fraction of sp³-hybridized carbons (Fsp3) is 0.957. The van der Waals surface area contributed by atoms with E-state index in [9.17, 15) is 4.79 Å². The molecule has 0 aliphatic carbocycles. The molecule has 0 heterocycles. The Kier molecular flexibility index (Phi) is 17.4. The summed E-state index contributed by atoms with van der Waals surface area (Å²) in [7, 11) is 1.95. The molecule has 0 spiro atoms.